The van der Waals surface area contributed by atoms with Crippen LogP contribution in [0.25, 0.3) is 21.5 Å². The van der Waals surface area contributed by atoms with Crippen LogP contribution in [0.1, 0.15) is 37.1 Å². The van der Waals surface area contributed by atoms with Gasteiger partial charge in [-0.3, -0.25) is 4.79 Å². The zero-order valence-corrected chi connectivity index (χ0v) is 17.2. The Morgan fingerprint density at radius 1 is 1.21 bits per heavy atom. The third-order valence-corrected chi connectivity index (χ3v) is 6.75. The Labute approximate surface area is 171 Å². The average molecular weight is 417 g/mol. The lowest BCUT2D eigenvalue weighted by molar-refractivity contribution is -0.119. The minimum Gasteiger partial charge on any atom is -0.353 e. The second-order valence-electron chi connectivity index (χ2n) is 6.96. The zero-order valence-electron chi connectivity index (χ0n) is 15.6. The molecule has 1 aliphatic rings. The summed E-state index contributed by atoms with van der Waals surface area (Å²) in [6.45, 7) is 1.93. The molecule has 28 heavy (non-hydrogen) atoms. The number of hydrogen-bond donors (Lipinski definition) is 1. The van der Waals surface area contributed by atoms with Gasteiger partial charge in [-0.25, -0.2) is 9.37 Å². The third-order valence-electron chi connectivity index (χ3n) is 4.82. The van der Waals surface area contributed by atoms with Crippen molar-refractivity contribution >= 4 is 39.2 Å². The topological polar surface area (TPSA) is 67.8 Å². The van der Waals surface area contributed by atoms with Gasteiger partial charge in [0.25, 0.3) is 0 Å². The van der Waals surface area contributed by atoms with Gasteiger partial charge in [-0.1, -0.05) is 31.0 Å². The summed E-state index contributed by atoms with van der Waals surface area (Å²) in [4.78, 5) is 16.9. The maximum atomic E-state index is 13.2. The van der Waals surface area contributed by atoms with Gasteiger partial charge in [0.15, 0.2) is 0 Å². The Kier molecular flexibility index (Phi) is 5.87. The minimum atomic E-state index is -0.287. The maximum Gasteiger partial charge on any atom is 0.230 e. The van der Waals surface area contributed by atoms with Crippen LogP contribution in [-0.4, -0.2) is 32.9 Å². The van der Waals surface area contributed by atoms with E-state index in [9.17, 15) is 9.18 Å². The second-order valence-corrected chi connectivity index (χ2v) is 9.13. The van der Waals surface area contributed by atoms with Crippen molar-refractivity contribution in [1.29, 1.82) is 0 Å². The quantitative estimate of drug-likeness (QED) is 0.609. The SMILES string of the molecule is Cc1nc2c(SCC(=O)NC3CCCCC3)nnc(-c3ccc(F)cc3)c2s1. The molecule has 2 aromatic heterocycles. The molecule has 3 aromatic rings. The molecule has 1 saturated carbocycles. The Morgan fingerprint density at radius 2 is 1.96 bits per heavy atom. The van der Waals surface area contributed by atoms with E-state index in [2.05, 4.69) is 20.5 Å². The number of thioether (sulfide) groups is 1. The van der Waals surface area contributed by atoms with Crippen LogP contribution >= 0.6 is 23.1 Å². The fourth-order valence-electron chi connectivity index (χ4n) is 3.46. The number of rotatable bonds is 5. The van der Waals surface area contributed by atoms with Crippen LogP contribution in [0.4, 0.5) is 4.39 Å². The molecule has 4 rings (SSSR count). The molecule has 1 amide bonds. The van der Waals surface area contributed by atoms with Gasteiger partial charge in [0.2, 0.25) is 5.91 Å². The van der Waals surface area contributed by atoms with Gasteiger partial charge in [0.1, 0.15) is 22.1 Å². The number of nitrogens with one attached hydrogen (secondary N) is 1. The van der Waals surface area contributed by atoms with Crippen molar-refractivity contribution in [1.82, 2.24) is 20.5 Å². The highest BCUT2D eigenvalue weighted by atomic mass is 32.2. The lowest BCUT2D eigenvalue weighted by Gasteiger charge is -2.22. The Bertz CT molecular complexity index is 984. The summed E-state index contributed by atoms with van der Waals surface area (Å²) in [6.07, 6.45) is 5.77. The van der Waals surface area contributed by atoms with E-state index < -0.39 is 0 Å². The van der Waals surface area contributed by atoms with Gasteiger partial charge < -0.3 is 5.32 Å². The van der Waals surface area contributed by atoms with Crippen molar-refractivity contribution in [3.05, 3.63) is 35.1 Å². The first kappa shape index (κ1) is 19.3. The van der Waals surface area contributed by atoms with Crippen molar-refractivity contribution in [2.24, 2.45) is 0 Å². The number of carbonyl (C=O) groups is 1. The predicted molar refractivity (Wildman–Crippen MR) is 111 cm³/mol. The standard InChI is InChI=1S/C20H21FN4OS2/c1-12-22-18-19(28-12)17(13-7-9-14(21)10-8-13)24-25-20(18)27-11-16(26)23-15-5-3-2-4-6-15/h7-10,15H,2-6,11H2,1H3,(H,23,26). The Morgan fingerprint density at radius 3 is 2.71 bits per heavy atom. The molecule has 0 spiro atoms. The van der Waals surface area contributed by atoms with E-state index in [1.54, 1.807) is 12.1 Å². The molecule has 1 aromatic carbocycles. The van der Waals surface area contributed by atoms with Gasteiger partial charge in [0, 0.05) is 11.6 Å². The van der Waals surface area contributed by atoms with Crippen LogP contribution < -0.4 is 5.32 Å². The van der Waals surface area contributed by atoms with E-state index in [1.165, 1.54) is 54.5 Å². The number of hydrogen-bond acceptors (Lipinski definition) is 6. The molecule has 5 nitrogen and oxygen atoms in total. The number of carbonyl (C=O) groups excluding carboxylic acids is 1. The molecular formula is C20H21FN4OS2. The van der Waals surface area contributed by atoms with Gasteiger partial charge in [-0.2, -0.15) is 0 Å². The fraction of sp³-hybridized carbons (Fsp3) is 0.400. The maximum absolute atomic E-state index is 13.2. The molecule has 0 bridgehead atoms. The van der Waals surface area contributed by atoms with E-state index in [0.717, 1.165) is 33.6 Å². The van der Waals surface area contributed by atoms with Crippen LogP contribution in [0, 0.1) is 12.7 Å². The molecular weight excluding hydrogens is 395 g/mol. The highest BCUT2D eigenvalue weighted by Crippen LogP contribution is 2.35. The summed E-state index contributed by atoms with van der Waals surface area (Å²) >= 11 is 2.90. The van der Waals surface area contributed by atoms with E-state index in [4.69, 9.17) is 0 Å². The van der Waals surface area contributed by atoms with E-state index in [0.29, 0.717) is 22.5 Å². The van der Waals surface area contributed by atoms with Crippen molar-refractivity contribution in [2.75, 3.05) is 5.75 Å². The van der Waals surface area contributed by atoms with Crippen molar-refractivity contribution in [3.63, 3.8) is 0 Å². The first-order valence-electron chi connectivity index (χ1n) is 9.42. The molecule has 2 heterocycles. The third kappa shape index (κ3) is 4.33. The largest absolute Gasteiger partial charge is 0.353 e. The van der Waals surface area contributed by atoms with Crippen molar-refractivity contribution in [3.8, 4) is 11.3 Å². The molecule has 0 unspecified atom stereocenters. The number of benzene rings is 1. The summed E-state index contributed by atoms with van der Waals surface area (Å²) in [6, 6.07) is 6.51. The summed E-state index contributed by atoms with van der Waals surface area (Å²) in [7, 11) is 0. The molecule has 0 radical (unpaired) electrons. The normalized spacial score (nSPS) is 15.1. The molecule has 0 atom stereocenters. The second kappa shape index (κ2) is 8.53. The number of aromatic nitrogens is 3. The first-order valence-corrected chi connectivity index (χ1v) is 11.2. The number of halogens is 1. The lowest BCUT2D eigenvalue weighted by atomic mass is 9.95. The van der Waals surface area contributed by atoms with Gasteiger partial charge in [-0.05, 0) is 44.0 Å². The molecule has 0 aliphatic heterocycles. The van der Waals surface area contributed by atoms with Crippen LogP contribution in [0.3, 0.4) is 0 Å². The van der Waals surface area contributed by atoms with Gasteiger partial charge in [0.05, 0.1) is 15.5 Å². The molecule has 146 valence electrons. The summed E-state index contributed by atoms with van der Waals surface area (Å²) < 4.78 is 14.2. The van der Waals surface area contributed by atoms with Gasteiger partial charge >= 0.3 is 0 Å². The smallest absolute Gasteiger partial charge is 0.230 e. The van der Waals surface area contributed by atoms with Crippen LogP contribution in [-0.2, 0) is 4.79 Å². The fourth-order valence-corrected chi connectivity index (χ4v) is 5.19. The summed E-state index contributed by atoms with van der Waals surface area (Å²) in [5.74, 6) is 0.0400. The summed E-state index contributed by atoms with van der Waals surface area (Å²) in [5, 5.41) is 13.4. The molecule has 8 heteroatoms. The number of amides is 1. The van der Waals surface area contributed by atoms with E-state index in [1.807, 2.05) is 6.92 Å². The molecule has 1 N–H and O–H groups in total. The van der Waals surface area contributed by atoms with E-state index in [-0.39, 0.29) is 11.7 Å². The first-order chi connectivity index (χ1) is 13.6. The van der Waals surface area contributed by atoms with E-state index >= 15 is 0 Å². The Balaban J connectivity index is 1.52. The number of aryl methyl sites for hydroxylation is 1. The molecule has 0 saturated heterocycles. The predicted octanol–water partition coefficient (Wildman–Crippen LogP) is 4.74. The molecule has 1 aliphatic carbocycles. The number of fused-ring (bicyclic) bond motifs is 1. The average Bonchev–Trinajstić information content (AvgIpc) is 3.09. The number of thiazole rings is 1. The van der Waals surface area contributed by atoms with Gasteiger partial charge in [-0.15, -0.1) is 21.5 Å². The highest BCUT2D eigenvalue weighted by Gasteiger charge is 2.19. The van der Waals surface area contributed by atoms with Crippen molar-refractivity contribution in [2.45, 2.75) is 50.1 Å². The number of nitrogens with zero attached hydrogens (tertiary/aromatic N) is 3. The van der Waals surface area contributed by atoms with Crippen LogP contribution in [0.15, 0.2) is 29.3 Å². The molecule has 1 fully saturated rings. The van der Waals surface area contributed by atoms with Crippen LogP contribution in [0.2, 0.25) is 0 Å². The Hall–Kier alpha value is -2.06. The monoisotopic (exact) mass is 416 g/mol. The van der Waals surface area contributed by atoms with Crippen molar-refractivity contribution < 1.29 is 9.18 Å². The highest BCUT2D eigenvalue weighted by molar-refractivity contribution is 8.00. The lowest BCUT2D eigenvalue weighted by Crippen LogP contribution is -2.37. The minimum absolute atomic E-state index is 0.0291. The zero-order chi connectivity index (χ0) is 19.5. The van der Waals surface area contributed by atoms with Crippen LogP contribution in [0.5, 0.6) is 0 Å². The summed E-state index contributed by atoms with van der Waals surface area (Å²) in [5.41, 5.74) is 2.25.